The minimum atomic E-state index is -0.887. The molecule has 10 nitrogen and oxygen atoms in total. The van der Waals surface area contributed by atoms with E-state index in [0.29, 0.717) is 31.4 Å². The number of ketones is 1. The molecule has 11 heteroatoms. The number of aliphatic imine (C=N–C) groups is 1. The highest BCUT2D eigenvalue weighted by Gasteiger charge is 2.44. The zero-order chi connectivity index (χ0) is 28.5. The summed E-state index contributed by atoms with van der Waals surface area (Å²) in [6.07, 6.45) is 2.36. The molecular weight excluding hydrogens is 552 g/mol. The molecule has 1 N–H and O–H groups in total. The topological polar surface area (TPSA) is 115 Å². The number of morpholine rings is 1. The molecule has 4 heterocycles. The van der Waals surface area contributed by atoms with Crippen LogP contribution in [0.2, 0.25) is 0 Å². The number of nitrogens with one attached hydrogen (secondary N) is 1. The van der Waals surface area contributed by atoms with Gasteiger partial charge < -0.3 is 24.1 Å². The lowest BCUT2D eigenvalue weighted by molar-refractivity contribution is -0.119. The summed E-state index contributed by atoms with van der Waals surface area (Å²) in [4.78, 5) is 25.6. The second-order valence-corrected chi connectivity index (χ2v) is 11.6. The molecule has 2 fully saturated rings. The van der Waals surface area contributed by atoms with Crippen LogP contribution in [0, 0.1) is 0 Å². The maximum absolute atomic E-state index is 13.4. The lowest BCUT2D eigenvalue weighted by Crippen LogP contribution is -2.37. The van der Waals surface area contributed by atoms with Gasteiger partial charge in [-0.3, -0.25) is 9.79 Å². The van der Waals surface area contributed by atoms with E-state index in [4.69, 9.17) is 23.9 Å². The molecule has 3 aliphatic rings. The van der Waals surface area contributed by atoms with E-state index < -0.39 is 6.17 Å². The van der Waals surface area contributed by atoms with Crippen molar-refractivity contribution in [1.82, 2.24) is 15.2 Å². The van der Waals surface area contributed by atoms with Crippen molar-refractivity contribution in [2.45, 2.75) is 44.4 Å². The third kappa shape index (κ3) is 5.01. The van der Waals surface area contributed by atoms with Crippen molar-refractivity contribution in [3.63, 3.8) is 0 Å². The van der Waals surface area contributed by atoms with Gasteiger partial charge in [0.05, 0.1) is 18.9 Å². The van der Waals surface area contributed by atoms with E-state index in [1.54, 1.807) is 11.3 Å². The summed E-state index contributed by atoms with van der Waals surface area (Å²) >= 11 is 1.63. The summed E-state index contributed by atoms with van der Waals surface area (Å²) in [6.45, 7) is 5.45. The van der Waals surface area contributed by atoms with Crippen LogP contribution in [0.5, 0.6) is 0 Å². The summed E-state index contributed by atoms with van der Waals surface area (Å²) < 4.78 is 18.0. The molecule has 2 aromatic carbocycles. The van der Waals surface area contributed by atoms with Gasteiger partial charge in [0.2, 0.25) is 0 Å². The molecule has 7 rings (SSSR count). The molecule has 4 aromatic rings. The normalized spacial score (nSPS) is 19.9. The van der Waals surface area contributed by atoms with Crippen molar-refractivity contribution < 1.29 is 18.7 Å². The molecule has 0 spiro atoms. The number of hydrogen-bond donors (Lipinski definition) is 1. The van der Waals surface area contributed by atoms with Gasteiger partial charge in [-0.15, -0.1) is 5.10 Å². The standard InChI is InChI=1S/C31H32N6O4S/c1-2-40-31(13-8-14-31)29-33-25(28(42-29)37-15-17-39-18-16-37)27-35-36-30(41-27)34-26-23(38)19-21-11-6-7-12-22(21)24(32-26)20-9-4-3-5-10-20/h3-7,9-12,26H,2,8,13-19H2,1H3,(H,34,36)/t26-/m1/s1. The number of rotatable bonds is 8. The summed E-state index contributed by atoms with van der Waals surface area (Å²) in [6, 6.07) is 17.9. The first-order valence-electron chi connectivity index (χ1n) is 14.5. The monoisotopic (exact) mass is 584 g/mol. The smallest absolute Gasteiger partial charge is 0.317 e. The van der Waals surface area contributed by atoms with E-state index in [2.05, 4.69) is 20.4 Å². The van der Waals surface area contributed by atoms with Crippen LogP contribution in [-0.2, 0) is 26.3 Å². The Bertz CT molecular complexity index is 1610. The van der Waals surface area contributed by atoms with Gasteiger partial charge in [-0.25, -0.2) is 4.98 Å². The molecule has 0 bridgehead atoms. The van der Waals surface area contributed by atoms with Crippen LogP contribution >= 0.6 is 11.3 Å². The maximum atomic E-state index is 13.4. The number of hydrogen-bond acceptors (Lipinski definition) is 11. The van der Waals surface area contributed by atoms with Crippen LogP contribution in [0.3, 0.4) is 0 Å². The highest BCUT2D eigenvalue weighted by molar-refractivity contribution is 7.16. The first kappa shape index (κ1) is 26.9. The molecule has 0 amide bonds. The highest BCUT2D eigenvalue weighted by Crippen LogP contribution is 2.50. The Hall–Kier alpha value is -3.93. The van der Waals surface area contributed by atoms with Crippen molar-refractivity contribution >= 4 is 33.8 Å². The fourth-order valence-electron chi connectivity index (χ4n) is 5.71. The van der Waals surface area contributed by atoms with E-state index in [1.165, 1.54) is 0 Å². The Morgan fingerprint density at radius 2 is 1.86 bits per heavy atom. The van der Waals surface area contributed by atoms with E-state index in [1.807, 2.05) is 61.5 Å². The van der Waals surface area contributed by atoms with Crippen LogP contribution in [0.1, 0.15) is 47.9 Å². The Morgan fingerprint density at radius 3 is 2.62 bits per heavy atom. The highest BCUT2D eigenvalue weighted by atomic mass is 32.1. The predicted octanol–water partition coefficient (Wildman–Crippen LogP) is 4.85. The molecule has 216 valence electrons. The lowest BCUT2D eigenvalue weighted by atomic mass is 9.80. The van der Waals surface area contributed by atoms with Crippen molar-refractivity contribution in [2.75, 3.05) is 43.1 Å². The molecule has 0 unspecified atom stereocenters. The second-order valence-electron chi connectivity index (χ2n) is 10.7. The van der Waals surface area contributed by atoms with Crippen LogP contribution in [-0.4, -0.2) is 65.8 Å². The van der Waals surface area contributed by atoms with Crippen molar-refractivity contribution in [1.29, 1.82) is 0 Å². The summed E-state index contributed by atoms with van der Waals surface area (Å²) in [7, 11) is 0. The van der Waals surface area contributed by atoms with Crippen LogP contribution < -0.4 is 10.2 Å². The van der Waals surface area contributed by atoms with Gasteiger partial charge >= 0.3 is 6.01 Å². The van der Waals surface area contributed by atoms with Gasteiger partial charge in [0.1, 0.15) is 15.6 Å². The van der Waals surface area contributed by atoms with E-state index in [-0.39, 0.29) is 23.8 Å². The Kier molecular flexibility index (Phi) is 7.31. The Morgan fingerprint density at radius 1 is 1.07 bits per heavy atom. The lowest BCUT2D eigenvalue weighted by Gasteiger charge is -2.39. The van der Waals surface area contributed by atoms with Crippen molar-refractivity contribution in [2.24, 2.45) is 4.99 Å². The first-order valence-corrected chi connectivity index (χ1v) is 15.3. The zero-order valence-corrected chi connectivity index (χ0v) is 24.2. The van der Waals surface area contributed by atoms with Crippen molar-refractivity contribution in [3.8, 4) is 11.6 Å². The minimum Gasteiger partial charge on any atom is -0.402 e. The number of ether oxygens (including phenoxy) is 2. The number of thiazole rings is 1. The van der Waals surface area contributed by atoms with Gasteiger partial charge in [-0.05, 0) is 31.7 Å². The van der Waals surface area contributed by atoms with Crippen LogP contribution in [0.15, 0.2) is 64.0 Å². The molecule has 42 heavy (non-hydrogen) atoms. The molecule has 1 saturated carbocycles. The fourth-order valence-corrected chi connectivity index (χ4v) is 7.03. The average molecular weight is 585 g/mol. The molecular formula is C31H32N6O4S. The Balaban J connectivity index is 1.22. The van der Waals surface area contributed by atoms with E-state index >= 15 is 0 Å². The summed E-state index contributed by atoms with van der Waals surface area (Å²) in [5, 5.41) is 13.7. The third-order valence-corrected chi connectivity index (χ3v) is 9.32. The van der Waals surface area contributed by atoms with Gasteiger partial charge in [-0.2, -0.15) is 0 Å². The fraction of sp³-hybridized carbons (Fsp3) is 0.387. The average Bonchev–Trinajstić information content (AvgIpc) is 3.63. The van der Waals surface area contributed by atoms with Crippen LogP contribution in [0.4, 0.5) is 11.0 Å². The number of benzene rings is 2. The summed E-state index contributed by atoms with van der Waals surface area (Å²) in [5.74, 6) is 0.214. The predicted molar refractivity (Wildman–Crippen MR) is 160 cm³/mol. The van der Waals surface area contributed by atoms with Gasteiger partial charge in [0.25, 0.3) is 5.89 Å². The number of Topliss-reactive ketones (excluding diaryl/α,β-unsaturated/α-hetero) is 1. The van der Waals surface area contributed by atoms with Gasteiger partial charge in [0, 0.05) is 37.2 Å². The zero-order valence-electron chi connectivity index (χ0n) is 23.4. The number of anilines is 2. The number of carbonyl (C=O) groups is 1. The third-order valence-electron chi connectivity index (χ3n) is 8.01. The largest absolute Gasteiger partial charge is 0.402 e. The van der Waals surface area contributed by atoms with E-state index in [0.717, 1.165) is 64.8 Å². The molecule has 0 radical (unpaired) electrons. The molecule has 2 aliphatic heterocycles. The number of aromatic nitrogens is 3. The first-order chi connectivity index (χ1) is 20.6. The Labute approximate surface area is 247 Å². The number of carbonyl (C=O) groups excluding carboxylic acids is 1. The molecule has 1 aliphatic carbocycles. The quantitative estimate of drug-likeness (QED) is 0.310. The number of fused-ring (bicyclic) bond motifs is 1. The van der Waals surface area contributed by atoms with Gasteiger partial charge in [0.15, 0.2) is 17.6 Å². The SMILES string of the molecule is CCOC1(c2nc(-c3nnc(N[C@H]4N=C(c5ccccc5)c5ccccc5CC4=O)o3)c(N3CCOCC3)s2)CCC1. The molecule has 2 aromatic heterocycles. The maximum Gasteiger partial charge on any atom is 0.317 e. The summed E-state index contributed by atoms with van der Waals surface area (Å²) in [5.41, 5.74) is 3.83. The van der Waals surface area contributed by atoms with E-state index in [9.17, 15) is 4.79 Å². The van der Waals surface area contributed by atoms with Crippen molar-refractivity contribution in [3.05, 3.63) is 76.3 Å². The molecule has 1 atom stereocenters. The number of nitrogens with zero attached hydrogens (tertiary/aromatic N) is 5. The van der Waals surface area contributed by atoms with Crippen LogP contribution in [0.25, 0.3) is 11.6 Å². The van der Waals surface area contributed by atoms with Gasteiger partial charge in [-0.1, -0.05) is 71.0 Å². The second kappa shape index (κ2) is 11.4. The molecule has 1 saturated heterocycles. The minimum absolute atomic E-state index is 0.0817.